The van der Waals surface area contributed by atoms with Gasteiger partial charge in [0, 0.05) is 40.1 Å². The van der Waals surface area contributed by atoms with Crippen LogP contribution in [0, 0.1) is 0 Å². The highest BCUT2D eigenvalue weighted by Gasteiger charge is 2.41. The van der Waals surface area contributed by atoms with Crippen LogP contribution in [0.2, 0.25) is 0 Å². The van der Waals surface area contributed by atoms with Crippen molar-refractivity contribution in [2.45, 2.75) is 51.6 Å². The molecule has 174 valence electrons. The lowest BCUT2D eigenvalue weighted by Crippen LogP contribution is -2.36. The molecular formula is C26H29NO5S. The van der Waals surface area contributed by atoms with Crippen molar-refractivity contribution < 1.29 is 24.2 Å². The van der Waals surface area contributed by atoms with Crippen LogP contribution in [0.1, 0.15) is 55.9 Å². The summed E-state index contributed by atoms with van der Waals surface area (Å²) in [6.07, 6.45) is 1.13. The number of ether oxygens (including phenoxy) is 2. The van der Waals surface area contributed by atoms with Gasteiger partial charge in [0.1, 0.15) is 12.4 Å². The Balaban J connectivity index is 1.68. The fraction of sp³-hybridized carbons (Fsp3) is 0.385. The van der Waals surface area contributed by atoms with Crippen molar-refractivity contribution in [3.8, 4) is 5.75 Å². The molecule has 0 saturated heterocycles. The third-order valence-corrected chi connectivity index (χ3v) is 7.00. The number of aromatic hydroxyl groups is 1. The van der Waals surface area contributed by atoms with Crippen molar-refractivity contribution in [1.29, 1.82) is 0 Å². The second kappa shape index (κ2) is 9.93. The van der Waals surface area contributed by atoms with Crippen molar-refractivity contribution in [2.24, 2.45) is 0 Å². The topological polar surface area (TPSA) is 84.9 Å². The Bertz CT molecular complexity index is 1100. The number of nitrogens with one attached hydrogen (secondary N) is 1. The summed E-state index contributed by atoms with van der Waals surface area (Å²) in [5.41, 5.74) is 3.18. The van der Waals surface area contributed by atoms with Gasteiger partial charge in [0.15, 0.2) is 5.78 Å². The smallest absolute Gasteiger partial charge is 0.336 e. The molecule has 2 unspecified atom stereocenters. The number of phenols is 1. The molecule has 2 heterocycles. The van der Waals surface area contributed by atoms with Crippen LogP contribution in [0.5, 0.6) is 5.75 Å². The maximum atomic E-state index is 13.5. The summed E-state index contributed by atoms with van der Waals surface area (Å²) in [5, 5.41) is 15.5. The van der Waals surface area contributed by atoms with Crippen molar-refractivity contribution in [2.75, 3.05) is 13.2 Å². The van der Waals surface area contributed by atoms with Crippen LogP contribution in [0.3, 0.4) is 0 Å². The lowest BCUT2D eigenvalue weighted by molar-refractivity contribution is -0.141. The number of hydrogen-bond acceptors (Lipinski definition) is 7. The van der Waals surface area contributed by atoms with E-state index in [0.717, 1.165) is 5.70 Å². The van der Waals surface area contributed by atoms with Gasteiger partial charge in [0.25, 0.3) is 0 Å². The minimum atomic E-state index is -0.594. The Kier molecular flexibility index (Phi) is 7.00. The van der Waals surface area contributed by atoms with E-state index in [-0.39, 0.29) is 30.2 Å². The summed E-state index contributed by atoms with van der Waals surface area (Å²) in [4.78, 5) is 27.8. The van der Waals surface area contributed by atoms with Gasteiger partial charge in [-0.15, -0.1) is 11.3 Å². The van der Waals surface area contributed by atoms with E-state index in [0.29, 0.717) is 41.9 Å². The molecule has 0 amide bonds. The molecule has 0 radical (unpaired) electrons. The van der Waals surface area contributed by atoms with E-state index in [9.17, 15) is 14.7 Å². The molecule has 1 aromatic heterocycles. The van der Waals surface area contributed by atoms with Crippen molar-refractivity contribution in [3.63, 3.8) is 0 Å². The number of ketones is 1. The van der Waals surface area contributed by atoms with Gasteiger partial charge in [-0.2, -0.15) is 0 Å². The van der Waals surface area contributed by atoms with Crippen molar-refractivity contribution in [3.05, 3.63) is 74.8 Å². The fourth-order valence-electron chi connectivity index (χ4n) is 4.57. The summed E-state index contributed by atoms with van der Waals surface area (Å²) in [6, 6.07) is 10.8. The average molecular weight is 468 g/mol. The van der Waals surface area contributed by atoms with Gasteiger partial charge in [-0.3, -0.25) is 4.79 Å². The molecular weight excluding hydrogens is 438 g/mol. The Labute approximate surface area is 197 Å². The largest absolute Gasteiger partial charge is 0.508 e. The number of dihydropyridines is 1. The van der Waals surface area contributed by atoms with Gasteiger partial charge in [0.2, 0.25) is 0 Å². The van der Waals surface area contributed by atoms with Gasteiger partial charge in [-0.05, 0) is 56.3 Å². The summed E-state index contributed by atoms with van der Waals surface area (Å²) in [6.45, 7) is 6.10. The molecule has 0 fully saturated rings. The number of Topliss-reactive ketones (excluding diaryl/α,β-unsaturated/α-hetero) is 1. The predicted octanol–water partition coefficient (Wildman–Crippen LogP) is 4.78. The van der Waals surface area contributed by atoms with E-state index in [1.807, 2.05) is 38.3 Å². The number of carbonyl (C=O) groups is 2. The van der Waals surface area contributed by atoms with Crippen molar-refractivity contribution in [1.82, 2.24) is 5.32 Å². The Morgan fingerprint density at radius 1 is 1.21 bits per heavy atom. The van der Waals surface area contributed by atoms with Crippen LogP contribution < -0.4 is 5.32 Å². The lowest BCUT2D eigenvalue weighted by Gasteiger charge is -2.36. The van der Waals surface area contributed by atoms with E-state index in [2.05, 4.69) is 11.4 Å². The summed E-state index contributed by atoms with van der Waals surface area (Å²) < 4.78 is 11.0. The summed E-state index contributed by atoms with van der Waals surface area (Å²) in [5.74, 6) is -0.868. The molecule has 6 nitrogen and oxygen atoms in total. The fourth-order valence-corrected chi connectivity index (χ4v) is 5.40. The lowest BCUT2D eigenvalue weighted by atomic mass is 9.72. The van der Waals surface area contributed by atoms with Gasteiger partial charge in [0.05, 0.1) is 18.3 Å². The molecule has 0 saturated carbocycles. The van der Waals surface area contributed by atoms with Crippen LogP contribution in [-0.4, -0.2) is 36.2 Å². The molecule has 2 aromatic rings. The molecule has 2 atom stereocenters. The first kappa shape index (κ1) is 23.3. The quantitative estimate of drug-likeness (QED) is 0.450. The molecule has 7 heteroatoms. The van der Waals surface area contributed by atoms with E-state index < -0.39 is 11.9 Å². The zero-order valence-electron chi connectivity index (χ0n) is 19.1. The number of phenolic OH excluding ortho intramolecular Hbond substituents is 1. The molecule has 0 spiro atoms. The van der Waals surface area contributed by atoms with E-state index in [4.69, 9.17) is 9.47 Å². The minimum absolute atomic E-state index is 0.0106. The van der Waals surface area contributed by atoms with Crippen molar-refractivity contribution >= 4 is 23.1 Å². The maximum Gasteiger partial charge on any atom is 0.336 e. The van der Waals surface area contributed by atoms with E-state index in [1.165, 1.54) is 4.88 Å². The Hall–Kier alpha value is -2.90. The third-order valence-electron chi connectivity index (χ3n) is 5.96. The minimum Gasteiger partial charge on any atom is -0.508 e. The number of hydrogen-bond donors (Lipinski definition) is 2. The number of allylic oxidation sites excluding steroid dienone is 3. The standard InChI is InChI=1S/C26H29NO5S/c1-15(2)31-9-10-32-26(30)23-16(3)27-20-13-18(22-8-5-11-33-22)14-21(29)25(20)24(23)17-6-4-7-19(28)12-17/h4-8,11-12,15,18,24,27-28H,9-10,13-14H2,1-3H3. The SMILES string of the molecule is CC1=C(C(=O)OCCOC(C)C)C(c2cccc(O)c2)C2=C(CC(c3cccs3)CC2=O)N1. The van der Waals surface area contributed by atoms with Crippen LogP contribution in [0.4, 0.5) is 0 Å². The second-order valence-corrected chi connectivity index (χ2v) is 9.66. The zero-order valence-corrected chi connectivity index (χ0v) is 19.9. The predicted molar refractivity (Wildman–Crippen MR) is 127 cm³/mol. The monoisotopic (exact) mass is 467 g/mol. The number of esters is 1. The Morgan fingerprint density at radius 2 is 2.03 bits per heavy atom. The highest BCUT2D eigenvalue weighted by atomic mass is 32.1. The van der Waals surface area contributed by atoms with Gasteiger partial charge < -0.3 is 19.9 Å². The van der Waals surface area contributed by atoms with Gasteiger partial charge >= 0.3 is 5.97 Å². The molecule has 1 aliphatic carbocycles. The van der Waals surface area contributed by atoms with Crippen LogP contribution in [0.15, 0.2) is 64.3 Å². The molecule has 1 aliphatic heterocycles. The average Bonchev–Trinajstić information content (AvgIpc) is 3.30. The molecule has 0 bridgehead atoms. The number of carbonyl (C=O) groups excluding carboxylic acids is 2. The van der Waals surface area contributed by atoms with Crippen LogP contribution >= 0.6 is 11.3 Å². The molecule has 2 aliphatic rings. The third kappa shape index (κ3) is 5.04. The van der Waals surface area contributed by atoms with E-state index in [1.54, 1.807) is 29.5 Å². The number of thiophene rings is 1. The first-order valence-electron chi connectivity index (χ1n) is 11.2. The second-order valence-electron chi connectivity index (χ2n) is 8.68. The van der Waals surface area contributed by atoms with E-state index >= 15 is 0 Å². The zero-order chi connectivity index (χ0) is 23.5. The first-order chi connectivity index (χ1) is 15.8. The van der Waals surface area contributed by atoms with Crippen LogP contribution in [0.25, 0.3) is 0 Å². The molecule has 1 aromatic carbocycles. The number of rotatable bonds is 7. The molecule has 4 rings (SSSR count). The highest BCUT2D eigenvalue weighted by molar-refractivity contribution is 7.10. The maximum absolute atomic E-state index is 13.5. The normalized spacial score (nSPS) is 20.7. The summed E-state index contributed by atoms with van der Waals surface area (Å²) in [7, 11) is 0. The van der Waals surface area contributed by atoms with Gasteiger partial charge in [-0.1, -0.05) is 18.2 Å². The van der Waals surface area contributed by atoms with Gasteiger partial charge in [-0.25, -0.2) is 4.79 Å². The van der Waals surface area contributed by atoms with Crippen LogP contribution in [-0.2, 0) is 19.1 Å². The Morgan fingerprint density at radius 3 is 2.73 bits per heavy atom. The molecule has 33 heavy (non-hydrogen) atoms. The molecule has 2 N–H and O–H groups in total. The first-order valence-corrected chi connectivity index (χ1v) is 12.1. The summed E-state index contributed by atoms with van der Waals surface area (Å²) >= 11 is 1.66. The highest BCUT2D eigenvalue weighted by Crippen LogP contribution is 2.46. The number of benzene rings is 1.